The quantitative estimate of drug-likeness (QED) is 0.125. The van der Waals surface area contributed by atoms with Crippen LogP contribution in [-0.2, 0) is 0 Å². The average Bonchev–Trinajstić information content (AvgIpc) is 3.25. The van der Waals surface area contributed by atoms with Crippen molar-refractivity contribution in [3.8, 4) is 0 Å². The Kier molecular flexibility index (Phi) is 9.69. The summed E-state index contributed by atoms with van der Waals surface area (Å²) in [5, 5.41) is 10.1. The fourth-order valence-corrected chi connectivity index (χ4v) is 29.7. The van der Waals surface area contributed by atoms with E-state index in [1.165, 1.54) is 42.4 Å². The molecule has 0 unspecified atom stereocenters. The Morgan fingerprint density at radius 1 is 0.288 bits per heavy atom. The van der Waals surface area contributed by atoms with Gasteiger partial charge in [-0.3, -0.25) is 0 Å². The molecular weight excluding hydrogens is 683 g/mol. The molecule has 0 N–H and O–H groups in total. The van der Waals surface area contributed by atoms with Crippen LogP contribution in [0.15, 0.2) is 247 Å². The topological polar surface area (TPSA) is 12.4 Å². The van der Waals surface area contributed by atoms with Crippen molar-refractivity contribution in [2.75, 3.05) is 0 Å². The summed E-state index contributed by atoms with van der Waals surface area (Å²) < 4.78 is 7.12. The van der Waals surface area contributed by atoms with Gasteiger partial charge in [0.05, 0.1) is 0 Å². The Labute approximate surface area is 309 Å². The number of hydrogen-bond acceptors (Lipinski definition) is 1. The van der Waals surface area contributed by atoms with Gasteiger partial charge in [0.1, 0.15) is 0 Å². The molecule has 52 heavy (non-hydrogen) atoms. The maximum atomic E-state index is 7.12. The van der Waals surface area contributed by atoms with E-state index in [4.69, 9.17) is 4.52 Å². The van der Waals surface area contributed by atoms with Gasteiger partial charge in [-0.1, -0.05) is 0 Å². The molecule has 0 saturated heterocycles. The summed E-state index contributed by atoms with van der Waals surface area (Å²) in [5.41, 5.74) is 0. The first-order valence-corrected chi connectivity index (χ1v) is 23.7. The van der Waals surface area contributed by atoms with E-state index in [0.29, 0.717) is 0 Å². The van der Waals surface area contributed by atoms with E-state index >= 15 is 0 Å². The van der Waals surface area contributed by atoms with Crippen molar-refractivity contribution in [2.24, 2.45) is 4.52 Å². The SMILES string of the molecule is c1ccc(P(c2ccccc2)P(N=P(c2ccccc2)(c2ccccc2)c2ccccc2)(c2ccccc2)(c2ccccc2)c2ccccc2)cc1. The standard InChI is InChI=1S/C48H40NP3/c1-9-25-41(26-10-1)50(42-27-11-2-12-28-42)52(46-35-19-6-20-36-46,47-37-21-7-22-38-47,48-39-23-8-24-40-48)49-51(43-29-13-3-14-30-43,44-31-15-4-16-32-44)45-33-17-5-18-34-45/h1-40H. The molecule has 0 aliphatic heterocycles. The third-order valence-electron chi connectivity index (χ3n) is 9.82. The van der Waals surface area contributed by atoms with E-state index in [9.17, 15) is 0 Å². The summed E-state index contributed by atoms with van der Waals surface area (Å²) >= 11 is 0. The monoisotopic (exact) mass is 723 g/mol. The van der Waals surface area contributed by atoms with E-state index in [0.717, 1.165) is 0 Å². The average molecular weight is 724 g/mol. The molecule has 8 aromatic rings. The van der Waals surface area contributed by atoms with Gasteiger partial charge in [0.25, 0.3) is 0 Å². The normalized spacial score (nSPS) is 12.4. The fraction of sp³-hybridized carbons (Fsp3) is 0. The van der Waals surface area contributed by atoms with Crippen LogP contribution in [0.25, 0.3) is 0 Å². The summed E-state index contributed by atoms with van der Waals surface area (Å²) in [5.74, 6) is 0. The Bertz CT molecular complexity index is 2150. The first-order chi connectivity index (χ1) is 25.8. The second-order valence-electron chi connectivity index (χ2n) is 12.7. The van der Waals surface area contributed by atoms with E-state index in [-0.39, 0.29) is 0 Å². The number of rotatable bonds is 10. The van der Waals surface area contributed by atoms with Crippen LogP contribution in [0.1, 0.15) is 0 Å². The Hall–Kier alpha value is -5.15. The van der Waals surface area contributed by atoms with Gasteiger partial charge in [0, 0.05) is 0 Å². The van der Waals surface area contributed by atoms with Gasteiger partial charge >= 0.3 is 311 Å². The van der Waals surface area contributed by atoms with Crippen LogP contribution in [0.3, 0.4) is 0 Å². The van der Waals surface area contributed by atoms with Gasteiger partial charge < -0.3 is 0 Å². The molecule has 8 aromatic carbocycles. The van der Waals surface area contributed by atoms with Gasteiger partial charge in [0.15, 0.2) is 0 Å². The molecule has 0 aliphatic carbocycles. The molecule has 0 heterocycles. The van der Waals surface area contributed by atoms with Crippen molar-refractivity contribution >= 4 is 63.5 Å². The van der Waals surface area contributed by atoms with Crippen molar-refractivity contribution in [1.82, 2.24) is 0 Å². The second kappa shape index (κ2) is 14.8. The van der Waals surface area contributed by atoms with Crippen molar-refractivity contribution in [2.45, 2.75) is 0 Å². The molecule has 8 rings (SSSR count). The van der Waals surface area contributed by atoms with Crippen LogP contribution >= 0.6 is 21.1 Å². The molecule has 0 radical (unpaired) electrons. The van der Waals surface area contributed by atoms with Gasteiger partial charge in [-0.15, -0.1) is 0 Å². The second-order valence-corrected chi connectivity index (χ2v) is 25.1. The zero-order chi connectivity index (χ0) is 35.1. The van der Waals surface area contributed by atoms with Crippen LogP contribution in [0.2, 0.25) is 0 Å². The Morgan fingerprint density at radius 3 is 0.788 bits per heavy atom. The molecule has 0 amide bonds. The first kappa shape index (κ1) is 34.0. The molecule has 1 nitrogen and oxygen atoms in total. The molecule has 0 aliphatic rings. The van der Waals surface area contributed by atoms with Crippen LogP contribution in [0, 0.1) is 0 Å². The van der Waals surface area contributed by atoms with Crippen LogP contribution in [0.5, 0.6) is 0 Å². The van der Waals surface area contributed by atoms with Crippen molar-refractivity contribution in [1.29, 1.82) is 0 Å². The van der Waals surface area contributed by atoms with E-state index < -0.39 is 21.1 Å². The maximum absolute atomic E-state index is 7.12. The van der Waals surface area contributed by atoms with Crippen molar-refractivity contribution < 1.29 is 0 Å². The third-order valence-corrected chi connectivity index (χ3v) is 28.1. The molecule has 252 valence electrons. The third kappa shape index (κ3) is 5.62. The number of nitrogens with zero attached hydrogens (tertiary/aromatic N) is 1. The van der Waals surface area contributed by atoms with Crippen molar-refractivity contribution in [3.05, 3.63) is 243 Å². The van der Waals surface area contributed by atoms with E-state index in [2.05, 4.69) is 243 Å². The zero-order valence-corrected chi connectivity index (χ0v) is 31.6. The van der Waals surface area contributed by atoms with Gasteiger partial charge in [-0.2, -0.15) is 0 Å². The van der Waals surface area contributed by atoms with E-state index in [1.54, 1.807) is 0 Å². The summed E-state index contributed by atoms with van der Waals surface area (Å²) in [4.78, 5) is 0. The molecule has 0 saturated carbocycles. The minimum atomic E-state index is -4.10. The molecule has 0 atom stereocenters. The summed E-state index contributed by atoms with van der Waals surface area (Å²) in [6, 6.07) is 89.8. The van der Waals surface area contributed by atoms with Gasteiger partial charge in [-0.25, -0.2) is 0 Å². The molecule has 0 spiro atoms. The molecule has 4 heteroatoms. The van der Waals surface area contributed by atoms with Gasteiger partial charge in [0.2, 0.25) is 0 Å². The minimum absolute atomic E-state index is 1.24. The Morgan fingerprint density at radius 2 is 0.519 bits per heavy atom. The van der Waals surface area contributed by atoms with Crippen LogP contribution < -0.4 is 42.4 Å². The fourth-order valence-electron chi connectivity index (χ4n) is 7.65. The predicted molar refractivity (Wildman–Crippen MR) is 232 cm³/mol. The number of hydrogen-bond donors (Lipinski definition) is 0. The number of benzene rings is 8. The zero-order valence-electron chi connectivity index (χ0n) is 28.9. The summed E-state index contributed by atoms with van der Waals surface area (Å²) in [7, 11) is -4.09. The molecular formula is C48H40NP3. The first-order valence-electron chi connectivity index (χ1n) is 17.7. The molecule has 0 aromatic heterocycles. The Balaban J connectivity index is 1.78. The predicted octanol–water partition coefficient (Wildman–Crippen LogP) is 9.66. The van der Waals surface area contributed by atoms with Gasteiger partial charge in [-0.05, 0) is 0 Å². The van der Waals surface area contributed by atoms with Crippen LogP contribution in [0.4, 0.5) is 0 Å². The van der Waals surface area contributed by atoms with Crippen molar-refractivity contribution in [3.63, 3.8) is 0 Å². The summed E-state index contributed by atoms with van der Waals surface area (Å²) in [6.07, 6.45) is -4.10. The molecule has 0 bridgehead atoms. The summed E-state index contributed by atoms with van der Waals surface area (Å²) in [6.45, 7) is 0. The van der Waals surface area contributed by atoms with Crippen LogP contribution in [-0.4, -0.2) is 0 Å². The molecule has 0 fully saturated rings. The van der Waals surface area contributed by atoms with E-state index in [1.807, 2.05) is 0 Å².